The van der Waals surface area contributed by atoms with Gasteiger partial charge in [0.25, 0.3) is 0 Å². The average Bonchev–Trinajstić information content (AvgIpc) is 2.51. The highest BCUT2D eigenvalue weighted by Gasteiger charge is 2.55. The molecule has 2 N–H and O–H groups in total. The van der Waals surface area contributed by atoms with E-state index in [1.807, 2.05) is 0 Å². The maximum atomic E-state index is 10.2. The molecule has 0 amide bonds. The molecule has 0 aromatic carbocycles. The summed E-state index contributed by atoms with van der Waals surface area (Å²) in [7, 11) is 0. The van der Waals surface area contributed by atoms with E-state index in [2.05, 4.69) is 24.8 Å². The van der Waals surface area contributed by atoms with Crippen LogP contribution < -0.4 is 0 Å². The predicted octanol–water partition coefficient (Wildman–Crippen LogP) is 1.96. The highest BCUT2D eigenvalue weighted by Crippen LogP contribution is 2.50. The number of rotatable bonds is 7. The van der Waals surface area contributed by atoms with Gasteiger partial charge < -0.3 is 19.8 Å². The van der Waals surface area contributed by atoms with E-state index in [-0.39, 0.29) is 24.2 Å². The molecule has 0 unspecified atom stereocenters. The molecule has 4 heteroatoms. The fraction of sp³-hybridized carbons (Fsp3) is 0.882. The van der Waals surface area contributed by atoms with Gasteiger partial charge >= 0.3 is 0 Å². The van der Waals surface area contributed by atoms with Crippen LogP contribution in [-0.2, 0) is 4.74 Å². The van der Waals surface area contributed by atoms with Crippen LogP contribution >= 0.6 is 0 Å². The molecule has 1 saturated heterocycles. The molecule has 122 valence electrons. The summed E-state index contributed by atoms with van der Waals surface area (Å²) < 4.78 is 5.72. The van der Waals surface area contributed by atoms with Crippen LogP contribution in [0.3, 0.4) is 0 Å². The first-order valence-electron chi connectivity index (χ1n) is 8.41. The van der Waals surface area contributed by atoms with Crippen molar-refractivity contribution in [3.8, 4) is 0 Å². The highest BCUT2D eigenvalue weighted by atomic mass is 16.5. The van der Waals surface area contributed by atoms with Crippen molar-refractivity contribution < 1.29 is 14.9 Å². The van der Waals surface area contributed by atoms with E-state index in [1.54, 1.807) is 0 Å². The van der Waals surface area contributed by atoms with Gasteiger partial charge in [0.1, 0.15) is 0 Å². The summed E-state index contributed by atoms with van der Waals surface area (Å²) in [6.07, 6.45) is 7.30. The SMILES string of the molecule is CC/C(C)=C/CCN1CCC2(CC1)[C@@H](O)C[C@H]2OCCO. The van der Waals surface area contributed by atoms with Crippen LogP contribution in [0.2, 0.25) is 0 Å². The standard InChI is InChI=1S/C17H31NO3/c1-3-14(2)5-4-8-18-9-6-17(7-10-18)15(20)13-16(17)21-12-11-19/h5,15-16,19-20H,3-4,6-13H2,1-2H3/b14-5+/t15-,16+/m0/s1. The van der Waals surface area contributed by atoms with Crippen LogP contribution in [0, 0.1) is 5.41 Å². The predicted molar refractivity (Wildman–Crippen MR) is 84.2 cm³/mol. The van der Waals surface area contributed by atoms with Gasteiger partial charge in [-0.1, -0.05) is 18.6 Å². The summed E-state index contributed by atoms with van der Waals surface area (Å²) in [5.74, 6) is 0. The number of hydrogen-bond donors (Lipinski definition) is 2. The van der Waals surface area contributed by atoms with E-state index in [9.17, 15) is 5.11 Å². The minimum atomic E-state index is -0.217. The van der Waals surface area contributed by atoms with Crippen molar-refractivity contribution in [2.45, 2.75) is 58.2 Å². The molecule has 2 aliphatic rings. The molecule has 0 radical (unpaired) electrons. The van der Waals surface area contributed by atoms with E-state index in [1.165, 1.54) is 5.57 Å². The number of aliphatic hydroxyl groups excluding tert-OH is 2. The topological polar surface area (TPSA) is 52.9 Å². The Balaban J connectivity index is 1.76. The number of hydrogen-bond acceptors (Lipinski definition) is 4. The van der Waals surface area contributed by atoms with Gasteiger partial charge in [-0.25, -0.2) is 0 Å². The van der Waals surface area contributed by atoms with Gasteiger partial charge in [-0.2, -0.15) is 0 Å². The highest BCUT2D eigenvalue weighted by molar-refractivity contribution is 5.06. The third-order valence-electron chi connectivity index (χ3n) is 5.44. The Hall–Kier alpha value is -0.420. The largest absolute Gasteiger partial charge is 0.394 e. The van der Waals surface area contributed by atoms with Crippen molar-refractivity contribution in [2.24, 2.45) is 5.41 Å². The first-order valence-corrected chi connectivity index (χ1v) is 8.41. The summed E-state index contributed by atoms with van der Waals surface area (Å²) in [5, 5.41) is 19.1. The smallest absolute Gasteiger partial charge is 0.0701 e. The van der Waals surface area contributed by atoms with Crippen LogP contribution in [0.15, 0.2) is 11.6 Å². The summed E-state index contributed by atoms with van der Waals surface area (Å²) in [5.41, 5.74) is 1.43. The second-order valence-corrected chi connectivity index (χ2v) is 6.60. The van der Waals surface area contributed by atoms with Crippen LogP contribution in [0.4, 0.5) is 0 Å². The molecule has 2 atom stereocenters. The molecule has 1 spiro atoms. The number of allylic oxidation sites excluding steroid dienone is 1. The zero-order chi connectivity index (χ0) is 15.3. The number of piperidine rings is 1. The Morgan fingerprint density at radius 3 is 2.67 bits per heavy atom. The van der Waals surface area contributed by atoms with Gasteiger partial charge in [-0.3, -0.25) is 0 Å². The number of ether oxygens (including phenoxy) is 1. The summed E-state index contributed by atoms with van der Waals surface area (Å²) in [4.78, 5) is 2.50. The Kier molecular flexibility index (Phi) is 6.23. The number of aliphatic hydroxyl groups is 2. The van der Waals surface area contributed by atoms with Crippen LogP contribution in [0.5, 0.6) is 0 Å². The molecule has 1 aliphatic heterocycles. The Morgan fingerprint density at radius 2 is 2.10 bits per heavy atom. The first-order chi connectivity index (χ1) is 10.1. The Morgan fingerprint density at radius 1 is 1.38 bits per heavy atom. The zero-order valence-corrected chi connectivity index (χ0v) is 13.6. The minimum Gasteiger partial charge on any atom is -0.394 e. The van der Waals surface area contributed by atoms with Crippen LogP contribution in [0.1, 0.15) is 46.0 Å². The molecule has 2 fully saturated rings. The quantitative estimate of drug-likeness (QED) is 0.705. The fourth-order valence-electron chi connectivity index (χ4n) is 3.64. The normalized spacial score (nSPS) is 29.6. The second kappa shape index (κ2) is 7.73. The van der Waals surface area contributed by atoms with Crippen molar-refractivity contribution in [1.82, 2.24) is 4.90 Å². The van der Waals surface area contributed by atoms with Crippen LogP contribution in [-0.4, -0.2) is 60.2 Å². The summed E-state index contributed by atoms with van der Waals surface area (Å²) in [6.45, 7) is 8.07. The lowest BCUT2D eigenvalue weighted by Gasteiger charge is -2.56. The van der Waals surface area contributed by atoms with Crippen molar-refractivity contribution in [1.29, 1.82) is 0 Å². The van der Waals surface area contributed by atoms with Gasteiger partial charge in [-0.15, -0.1) is 0 Å². The third-order valence-corrected chi connectivity index (χ3v) is 5.44. The molecular formula is C17H31NO3. The van der Waals surface area contributed by atoms with Crippen molar-refractivity contribution in [2.75, 3.05) is 32.8 Å². The maximum absolute atomic E-state index is 10.2. The van der Waals surface area contributed by atoms with E-state index in [0.29, 0.717) is 6.61 Å². The van der Waals surface area contributed by atoms with Crippen molar-refractivity contribution >= 4 is 0 Å². The van der Waals surface area contributed by atoms with Gasteiger partial charge in [0.15, 0.2) is 0 Å². The first kappa shape index (κ1) is 16.9. The molecule has 21 heavy (non-hydrogen) atoms. The van der Waals surface area contributed by atoms with Gasteiger partial charge in [0.2, 0.25) is 0 Å². The Labute approximate surface area is 128 Å². The lowest BCUT2D eigenvalue weighted by Crippen LogP contribution is -2.62. The molecule has 0 aromatic rings. The average molecular weight is 297 g/mol. The Bertz CT molecular complexity index is 348. The molecule has 0 aromatic heterocycles. The minimum absolute atomic E-state index is 0.0408. The maximum Gasteiger partial charge on any atom is 0.0701 e. The monoisotopic (exact) mass is 297 g/mol. The van der Waals surface area contributed by atoms with Crippen LogP contribution in [0.25, 0.3) is 0 Å². The molecule has 1 saturated carbocycles. The molecule has 4 nitrogen and oxygen atoms in total. The molecular weight excluding hydrogens is 266 g/mol. The van der Waals surface area contributed by atoms with E-state index in [4.69, 9.17) is 9.84 Å². The molecule has 1 aliphatic carbocycles. The van der Waals surface area contributed by atoms with E-state index in [0.717, 1.165) is 51.7 Å². The molecule has 0 bridgehead atoms. The molecule has 1 heterocycles. The van der Waals surface area contributed by atoms with Gasteiger partial charge in [0.05, 0.1) is 25.4 Å². The van der Waals surface area contributed by atoms with Crippen molar-refractivity contribution in [3.05, 3.63) is 11.6 Å². The zero-order valence-electron chi connectivity index (χ0n) is 13.6. The lowest BCUT2D eigenvalue weighted by atomic mass is 9.58. The molecule has 2 rings (SSSR count). The van der Waals surface area contributed by atoms with Crippen molar-refractivity contribution in [3.63, 3.8) is 0 Å². The van der Waals surface area contributed by atoms with Gasteiger partial charge in [-0.05, 0) is 45.7 Å². The van der Waals surface area contributed by atoms with E-state index < -0.39 is 0 Å². The third kappa shape index (κ3) is 3.86. The van der Waals surface area contributed by atoms with Gasteiger partial charge in [0, 0.05) is 18.4 Å². The van der Waals surface area contributed by atoms with E-state index >= 15 is 0 Å². The summed E-state index contributed by atoms with van der Waals surface area (Å²) in [6, 6.07) is 0. The lowest BCUT2D eigenvalue weighted by molar-refractivity contribution is -0.213. The number of likely N-dealkylation sites (tertiary alicyclic amines) is 1. The number of nitrogens with zero attached hydrogens (tertiary/aromatic N) is 1. The fourth-order valence-corrected chi connectivity index (χ4v) is 3.64. The second-order valence-electron chi connectivity index (χ2n) is 6.60. The summed E-state index contributed by atoms with van der Waals surface area (Å²) >= 11 is 0.